The molecule has 0 atom stereocenters. The first-order valence-corrected chi connectivity index (χ1v) is 7.73. The predicted octanol–water partition coefficient (Wildman–Crippen LogP) is 2.01. The molecule has 0 radical (unpaired) electrons. The van der Waals surface area contributed by atoms with Crippen LogP contribution in [0.25, 0.3) is 10.9 Å². The van der Waals surface area contributed by atoms with E-state index in [4.69, 9.17) is 4.84 Å². The van der Waals surface area contributed by atoms with Crippen LogP contribution in [0.3, 0.4) is 0 Å². The molecule has 1 aliphatic rings. The lowest BCUT2D eigenvalue weighted by Gasteiger charge is -2.19. The van der Waals surface area contributed by atoms with Gasteiger partial charge in [0.1, 0.15) is 6.61 Å². The molecular formula is C18H15N3O3. The predicted molar refractivity (Wildman–Crippen MR) is 91.2 cm³/mol. The lowest BCUT2D eigenvalue weighted by Crippen LogP contribution is -2.34. The molecule has 1 aliphatic heterocycles. The average Bonchev–Trinajstić information content (AvgIpc) is 2.61. The van der Waals surface area contributed by atoms with E-state index in [9.17, 15) is 9.59 Å². The minimum absolute atomic E-state index is 0.375. The van der Waals surface area contributed by atoms with E-state index in [2.05, 4.69) is 10.1 Å². The highest BCUT2D eigenvalue weighted by molar-refractivity contribution is 6.10. The summed E-state index contributed by atoms with van der Waals surface area (Å²) < 4.78 is 1.59. The number of aryl methyl sites for hydroxylation is 1. The van der Waals surface area contributed by atoms with Gasteiger partial charge in [0.2, 0.25) is 0 Å². The van der Waals surface area contributed by atoms with Crippen molar-refractivity contribution in [2.24, 2.45) is 5.16 Å². The van der Waals surface area contributed by atoms with Crippen LogP contribution in [0, 0.1) is 0 Å². The smallest absolute Gasteiger partial charge is 0.328 e. The molecule has 1 N–H and O–H groups in total. The van der Waals surface area contributed by atoms with Crippen LogP contribution in [0.4, 0.5) is 0 Å². The third-order valence-electron chi connectivity index (χ3n) is 4.15. The summed E-state index contributed by atoms with van der Waals surface area (Å²) in [5, 5.41) is 4.74. The lowest BCUT2D eigenvalue weighted by molar-refractivity contribution is 0.130. The normalized spacial score (nSPS) is 14.9. The number of rotatable bonds is 3. The summed E-state index contributed by atoms with van der Waals surface area (Å²) in [6.07, 6.45) is 0.576. The molecule has 6 nitrogen and oxygen atoms in total. The van der Waals surface area contributed by atoms with Gasteiger partial charge in [-0.05, 0) is 11.6 Å². The molecule has 0 bridgehead atoms. The van der Waals surface area contributed by atoms with Gasteiger partial charge in [-0.1, -0.05) is 47.6 Å². The molecule has 4 rings (SSSR count). The van der Waals surface area contributed by atoms with Gasteiger partial charge in [-0.15, -0.1) is 0 Å². The molecule has 2 aromatic carbocycles. The van der Waals surface area contributed by atoms with Gasteiger partial charge in [0.25, 0.3) is 5.56 Å². The fourth-order valence-corrected chi connectivity index (χ4v) is 3.00. The molecule has 3 aromatic rings. The molecule has 1 aromatic heterocycles. The number of aromatic nitrogens is 2. The van der Waals surface area contributed by atoms with Crippen LogP contribution in [0.1, 0.15) is 17.5 Å². The van der Waals surface area contributed by atoms with Gasteiger partial charge in [-0.3, -0.25) is 14.3 Å². The van der Waals surface area contributed by atoms with Crippen molar-refractivity contribution >= 4 is 16.6 Å². The number of aromatic amines is 1. The first-order valence-electron chi connectivity index (χ1n) is 7.73. The van der Waals surface area contributed by atoms with Crippen LogP contribution in [0.5, 0.6) is 0 Å². The lowest BCUT2D eigenvalue weighted by atomic mass is 10.0. The third-order valence-corrected chi connectivity index (χ3v) is 4.15. The number of para-hydroxylation sites is 1. The average molecular weight is 321 g/mol. The van der Waals surface area contributed by atoms with Crippen molar-refractivity contribution < 1.29 is 4.84 Å². The zero-order chi connectivity index (χ0) is 16.5. The molecule has 0 amide bonds. The van der Waals surface area contributed by atoms with Gasteiger partial charge >= 0.3 is 5.69 Å². The quantitative estimate of drug-likeness (QED) is 0.750. The fourth-order valence-electron chi connectivity index (χ4n) is 3.00. The maximum absolute atomic E-state index is 12.0. The first-order chi connectivity index (χ1) is 11.7. The highest BCUT2D eigenvalue weighted by atomic mass is 16.6. The fraction of sp³-hybridized carbons (Fsp3) is 0.167. The number of nitrogens with zero attached hydrogens (tertiary/aromatic N) is 2. The zero-order valence-electron chi connectivity index (χ0n) is 12.9. The Kier molecular flexibility index (Phi) is 3.49. The van der Waals surface area contributed by atoms with E-state index in [0.717, 1.165) is 16.8 Å². The highest BCUT2D eigenvalue weighted by Gasteiger charge is 2.20. The molecular weight excluding hydrogens is 306 g/mol. The maximum Gasteiger partial charge on any atom is 0.328 e. The monoisotopic (exact) mass is 321 g/mol. The number of hydrogen-bond acceptors (Lipinski definition) is 4. The van der Waals surface area contributed by atoms with Crippen molar-refractivity contribution in [3.63, 3.8) is 0 Å². The molecule has 120 valence electrons. The molecule has 0 aliphatic carbocycles. The third kappa shape index (κ3) is 2.42. The second kappa shape index (κ2) is 5.81. The second-order valence-corrected chi connectivity index (χ2v) is 5.66. The van der Waals surface area contributed by atoms with E-state index in [1.807, 2.05) is 36.4 Å². The summed E-state index contributed by atoms with van der Waals surface area (Å²) in [5.41, 5.74) is 2.42. The van der Waals surface area contributed by atoms with Crippen molar-refractivity contribution in [1.29, 1.82) is 0 Å². The van der Waals surface area contributed by atoms with E-state index in [0.29, 0.717) is 30.5 Å². The van der Waals surface area contributed by atoms with Gasteiger partial charge < -0.3 is 4.84 Å². The number of hydrogen-bond donors (Lipinski definition) is 1. The van der Waals surface area contributed by atoms with E-state index in [-0.39, 0.29) is 11.2 Å². The Labute approximate surface area is 137 Å². The Morgan fingerprint density at radius 2 is 1.92 bits per heavy atom. The van der Waals surface area contributed by atoms with Crippen molar-refractivity contribution in [1.82, 2.24) is 9.55 Å². The largest absolute Gasteiger partial charge is 0.391 e. The number of nitrogens with one attached hydrogen (secondary N) is 1. The van der Waals surface area contributed by atoms with E-state index in [1.165, 1.54) is 0 Å². The summed E-state index contributed by atoms with van der Waals surface area (Å²) in [6, 6.07) is 15.1. The van der Waals surface area contributed by atoms with Crippen LogP contribution in [-0.4, -0.2) is 15.3 Å². The van der Waals surface area contributed by atoms with Crippen LogP contribution >= 0.6 is 0 Å². The number of benzene rings is 2. The molecule has 0 fully saturated rings. The molecule has 0 saturated heterocycles. The summed E-state index contributed by atoms with van der Waals surface area (Å²) in [7, 11) is 0. The standard InChI is InChI=1S/C18H15N3O3/c22-17-14-8-4-7-13-15(9-10-21(16(13)14)18(23)19-17)20-24-11-12-5-2-1-3-6-12/h1-8H,9-11H2,(H,19,22,23)/b20-15+. The summed E-state index contributed by atoms with van der Waals surface area (Å²) in [5.74, 6) is 0. The minimum Gasteiger partial charge on any atom is -0.391 e. The van der Waals surface area contributed by atoms with Crippen molar-refractivity contribution in [2.75, 3.05) is 0 Å². The molecule has 6 heteroatoms. The number of oxime groups is 1. The Bertz CT molecular complexity index is 1050. The second-order valence-electron chi connectivity index (χ2n) is 5.66. The minimum atomic E-state index is -0.385. The Morgan fingerprint density at radius 1 is 1.08 bits per heavy atom. The number of H-pyrrole nitrogens is 1. The van der Waals surface area contributed by atoms with Crippen LogP contribution in [-0.2, 0) is 18.0 Å². The van der Waals surface area contributed by atoms with Gasteiger partial charge in [0.15, 0.2) is 0 Å². The van der Waals surface area contributed by atoms with Crippen LogP contribution < -0.4 is 11.2 Å². The van der Waals surface area contributed by atoms with Gasteiger partial charge in [0, 0.05) is 18.5 Å². The molecule has 24 heavy (non-hydrogen) atoms. The van der Waals surface area contributed by atoms with Crippen molar-refractivity contribution in [3.8, 4) is 0 Å². The van der Waals surface area contributed by atoms with E-state index < -0.39 is 0 Å². The molecule has 0 spiro atoms. The summed E-state index contributed by atoms with van der Waals surface area (Å²) >= 11 is 0. The topological polar surface area (TPSA) is 76.5 Å². The van der Waals surface area contributed by atoms with Crippen LogP contribution in [0.15, 0.2) is 63.3 Å². The Balaban J connectivity index is 1.73. The maximum atomic E-state index is 12.0. The Morgan fingerprint density at radius 3 is 2.75 bits per heavy atom. The molecule has 0 saturated carbocycles. The van der Waals surface area contributed by atoms with E-state index >= 15 is 0 Å². The summed E-state index contributed by atoms with van der Waals surface area (Å²) in [6.45, 7) is 0.846. The SMILES string of the molecule is O=c1[nH]c(=O)n2c3c(cccc13)/C(=N/OCc1ccccc1)CC2. The van der Waals surface area contributed by atoms with Gasteiger partial charge in [-0.25, -0.2) is 4.79 Å². The van der Waals surface area contributed by atoms with Gasteiger partial charge in [0.05, 0.1) is 16.6 Å². The van der Waals surface area contributed by atoms with Crippen LogP contribution in [0.2, 0.25) is 0 Å². The Hall–Kier alpha value is -3.15. The zero-order valence-corrected chi connectivity index (χ0v) is 12.9. The molecule has 2 heterocycles. The van der Waals surface area contributed by atoms with Crippen molar-refractivity contribution in [3.05, 3.63) is 80.5 Å². The molecule has 0 unspecified atom stereocenters. The highest BCUT2D eigenvalue weighted by Crippen LogP contribution is 2.22. The summed E-state index contributed by atoms with van der Waals surface area (Å²) in [4.78, 5) is 31.9. The van der Waals surface area contributed by atoms with Gasteiger partial charge in [-0.2, -0.15) is 0 Å². The van der Waals surface area contributed by atoms with E-state index in [1.54, 1.807) is 16.7 Å². The van der Waals surface area contributed by atoms with Crippen molar-refractivity contribution in [2.45, 2.75) is 19.6 Å². The first kappa shape index (κ1) is 14.4.